The van der Waals surface area contributed by atoms with Crippen molar-refractivity contribution in [1.82, 2.24) is 0 Å². The zero-order chi connectivity index (χ0) is 14.2. The summed E-state index contributed by atoms with van der Waals surface area (Å²) >= 11 is 1.77. The maximum atomic E-state index is 6.53. The number of para-hydroxylation sites is 1. The predicted molar refractivity (Wildman–Crippen MR) is 88.1 cm³/mol. The van der Waals surface area contributed by atoms with Gasteiger partial charge >= 0.3 is 0 Å². The molecule has 0 saturated carbocycles. The zero-order valence-corrected chi connectivity index (χ0v) is 12.5. The van der Waals surface area contributed by atoms with Crippen LogP contribution >= 0.6 is 11.3 Å². The lowest BCUT2D eigenvalue weighted by molar-refractivity contribution is 0.284. The van der Waals surface area contributed by atoms with Gasteiger partial charge in [-0.05, 0) is 35.9 Å². The lowest BCUT2D eigenvalue weighted by Gasteiger charge is -2.22. The third kappa shape index (κ3) is 2.23. The highest BCUT2D eigenvalue weighted by Gasteiger charge is 2.21. The van der Waals surface area contributed by atoms with E-state index in [-0.39, 0.29) is 6.04 Å². The number of benzene rings is 2. The molecule has 0 spiro atoms. The van der Waals surface area contributed by atoms with Gasteiger partial charge in [0.05, 0.1) is 12.6 Å². The van der Waals surface area contributed by atoms with Crippen LogP contribution in [0.15, 0.2) is 48.5 Å². The third-order valence-electron chi connectivity index (χ3n) is 4.05. The Morgan fingerprint density at radius 3 is 2.90 bits per heavy atom. The highest BCUT2D eigenvalue weighted by Crippen LogP contribution is 2.38. The molecule has 0 bridgehead atoms. The monoisotopic (exact) mass is 295 g/mol. The second-order valence-corrected chi connectivity index (χ2v) is 6.57. The largest absolute Gasteiger partial charge is 0.493 e. The lowest BCUT2D eigenvalue weighted by atomic mass is 9.97. The summed E-state index contributed by atoms with van der Waals surface area (Å²) in [7, 11) is 0. The molecule has 1 unspecified atom stereocenters. The number of hydrogen-bond donors (Lipinski definition) is 1. The normalized spacial score (nSPS) is 15.5. The van der Waals surface area contributed by atoms with E-state index in [0.717, 1.165) is 30.8 Å². The molecular weight excluding hydrogens is 278 g/mol. The van der Waals surface area contributed by atoms with Crippen molar-refractivity contribution in [3.63, 3.8) is 0 Å². The van der Waals surface area contributed by atoms with Gasteiger partial charge in [0.2, 0.25) is 0 Å². The van der Waals surface area contributed by atoms with E-state index >= 15 is 0 Å². The molecule has 0 saturated heterocycles. The number of thiophene rings is 1. The number of ether oxygens (including phenoxy) is 1. The summed E-state index contributed by atoms with van der Waals surface area (Å²) < 4.78 is 7.18. The molecule has 2 heterocycles. The SMILES string of the molecule is NC(c1cc2ccccc2s1)c1cccc2c1OCCC2. The van der Waals surface area contributed by atoms with Crippen LogP contribution < -0.4 is 10.5 Å². The average Bonchev–Trinajstić information content (AvgIpc) is 2.97. The van der Waals surface area contributed by atoms with E-state index in [4.69, 9.17) is 10.5 Å². The van der Waals surface area contributed by atoms with Gasteiger partial charge in [-0.3, -0.25) is 0 Å². The van der Waals surface area contributed by atoms with Crippen molar-refractivity contribution in [2.45, 2.75) is 18.9 Å². The molecule has 4 rings (SSSR count). The van der Waals surface area contributed by atoms with Crippen molar-refractivity contribution in [3.05, 3.63) is 64.5 Å². The van der Waals surface area contributed by atoms with Crippen LogP contribution in [0.3, 0.4) is 0 Å². The van der Waals surface area contributed by atoms with Crippen LogP contribution in [0.4, 0.5) is 0 Å². The van der Waals surface area contributed by atoms with Crippen molar-refractivity contribution in [2.75, 3.05) is 6.61 Å². The summed E-state index contributed by atoms with van der Waals surface area (Å²) in [6.45, 7) is 0.795. The van der Waals surface area contributed by atoms with Crippen molar-refractivity contribution in [1.29, 1.82) is 0 Å². The number of fused-ring (bicyclic) bond motifs is 2. The molecule has 2 nitrogen and oxygen atoms in total. The minimum absolute atomic E-state index is 0.115. The molecule has 1 atom stereocenters. The maximum absolute atomic E-state index is 6.53. The van der Waals surface area contributed by atoms with Gasteiger partial charge in [0.1, 0.15) is 5.75 Å². The number of nitrogens with two attached hydrogens (primary N) is 1. The van der Waals surface area contributed by atoms with Gasteiger partial charge in [0.25, 0.3) is 0 Å². The minimum Gasteiger partial charge on any atom is -0.493 e. The highest BCUT2D eigenvalue weighted by molar-refractivity contribution is 7.19. The molecule has 0 fully saturated rings. The van der Waals surface area contributed by atoms with E-state index < -0.39 is 0 Å². The van der Waals surface area contributed by atoms with Crippen LogP contribution in [0.2, 0.25) is 0 Å². The van der Waals surface area contributed by atoms with Crippen LogP contribution in [-0.4, -0.2) is 6.61 Å². The fourth-order valence-electron chi connectivity index (χ4n) is 2.97. The fraction of sp³-hybridized carbons (Fsp3) is 0.222. The first-order chi connectivity index (χ1) is 10.3. The minimum atomic E-state index is -0.115. The molecule has 2 aromatic carbocycles. The molecular formula is C18H17NOS. The summed E-state index contributed by atoms with van der Waals surface area (Å²) in [6, 6.07) is 16.8. The van der Waals surface area contributed by atoms with E-state index in [9.17, 15) is 0 Å². The van der Waals surface area contributed by atoms with Crippen LogP contribution in [0.25, 0.3) is 10.1 Å². The Morgan fingerprint density at radius 2 is 2.00 bits per heavy atom. The van der Waals surface area contributed by atoms with Crippen molar-refractivity contribution >= 4 is 21.4 Å². The Balaban J connectivity index is 1.79. The summed E-state index contributed by atoms with van der Waals surface area (Å²) in [5.41, 5.74) is 8.93. The van der Waals surface area contributed by atoms with Crippen molar-refractivity contribution in [3.8, 4) is 5.75 Å². The smallest absolute Gasteiger partial charge is 0.127 e. The standard InChI is InChI=1S/C18H17NOS/c19-17(16-11-13-5-1-2-9-15(13)21-16)14-8-3-6-12-7-4-10-20-18(12)14/h1-3,5-6,8-9,11,17H,4,7,10,19H2. The van der Waals surface area contributed by atoms with Gasteiger partial charge in [0, 0.05) is 15.1 Å². The van der Waals surface area contributed by atoms with Gasteiger partial charge in [-0.15, -0.1) is 11.3 Å². The molecule has 0 radical (unpaired) electrons. The van der Waals surface area contributed by atoms with Crippen LogP contribution in [0, 0.1) is 0 Å². The van der Waals surface area contributed by atoms with E-state index in [1.165, 1.54) is 20.5 Å². The Hall–Kier alpha value is -1.84. The Morgan fingerprint density at radius 1 is 1.10 bits per heavy atom. The van der Waals surface area contributed by atoms with E-state index in [1.54, 1.807) is 11.3 Å². The molecule has 0 aliphatic carbocycles. The molecule has 1 aliphatic heterocycles. The van der Waals surface area contributed by atoms with Gasteiger partial charge < -0.3 is 10.5 Å². The van der Waals surface area contributed by atoms with E-state index in [0.29, 0.717) is 0 Å². The van der Waals surface area contributed by atoms with Gasteiger partial charge in [0.15, 0.2) is 0 Å². The molecule has 1 aliphatic rings. The predicted octanol–water partition coefficient (Wildman–Crippen LogP) is 4.27. The highest BCUT2D eigenvalue weighted by atomic mass is 32.1. The number of hydrogen-bond acceptors (Lipinski definition) is 3. The molecule has 0 amide bonds. The lowest BCUT2D eigenvalue weighted by Crippen LogP contribution is -2.16. The van der Waals surface area contributed by atoms with Gasteiger partial charge in [-0.25, -0.2) is 0 Å². The molecule has 106 valence electrons. The first kappa shape index (κ1) is 12.9. The molecule has 3 heteroatoms. The number of rotatable bonds is 2. The number of aryl methyl sites for hydroxylation is 1. The van der Waals surface area contributed by atoms with Gasteiger partial charge in [-0.2, -0.15) is 0 Å². The average molecular weight is 295 g/mol. The van der Waals surface area contributed by atoms with Crippen LogP contribution in [0.1, 0.15) is 28.5 Å². The molecule has 21 heavy (non-hydrogen) atoms. The molecule has 3 aromatic rings. The van der Waals surface area contributed by atoms with E-state index in [2.05, 4.69) is 48.5 Å². The summed E-state index contributed by atoms with van der Waals surface area (Å²) in [5.74, 6) is 1.01. The topological polar surface area (TPSA) is 35.2 Å². The zero-order valence-electron chi connectivity index (χ0n) is 11.7. The quantitative estimate of drug-likeness (QED) is 0.766. The third-order valence-corrected chi connectivity index (χ3v) is 5.25. The Bertz CT molecular complexity index is 760. The summed E-state index contributed by atoms with van der Waals surface area (Å²) in [6.07, 6.45) is 2.18. The fourth-order valence-corrected chi connectivity index (χ4v) is 4.05. The van der Waals surface area contributed by atoms with E-state index in [1.807, 2.05) is 0 Å². The summed E-state index contributed by atoms with van der Waals surface area (Å²) in [5, 5.41) is 1.26. The second-order valence-electron chi connectivity index (χ2n) is 5.45. The van der Waals surface area contributed by atoms with Gasteiger partial charge in [-0.1, -0.05) is 36.4 Å². The summed E-state index contributed by atoms with van der Waals surface area (Å²) in [4.78, 5) is 1.19. The van der Waals surface area contributed by atoms with Crippen molar-refractivity contribution in [2.24, 2.45) is 5.73 Å². The second kappa shape index (κ2) is 5.17. The first-order valence-electron chi connectivity index (χ1n) is 7.31. The molecule has 2 N–H and O–H groups in total. The molecule has 1 aromatic heterocycles. The maximum Gasteiger partial charge on any atom is 0.127 e. The first-order valence-corrected chi connectivity index (χ1v) is 8.13. The Labute approximate surface area is 128 Å². The Kier molecular flexibility index (Phi) is 3.17. The van der Waals surface area contributed by atoms with Crippen molar-refractivity contribution < 1.29 is 4.74 Å². The van der Waals surface area contributed by atoms with Crippen LogP contribution in [0.5, 0.6) is 5.75 Å². The van der Waals surface area contributed by atoms with Crippen LogP contribution in [-0.2, 0) is 6.42 Å².